The first-order chi connectivity index (χ1) is 13.0. The molecule has 134 valence electrons. The van der Waals surface area contributed by atoms with Gasteiger partial charge in [0.2, 0.25) is 9.84 Å². The van der Waals surface area contributed by atoms with Crippen LogP contribution in [-0.2, 0) is 9.84 Å². The maximum atomic E-state index is 12.7. The van der Waals surface area contributed by atoms with Crippen molar-refractivity contribution >= 4 is 31.8 Å². The average Bonchev–Trinajstić information content (AvgIpc) is 2.67. The minimum absolute atomic E-state index is 0.0650. The largest absolute Gasteiger partial charge is 0.457 e. The third-order valence-electron chi connectivity index (χ3n) is 3.66. The van der Waals surface area contributed by atoms with Crippen molar-refractivity contribution in [3.05, 3.63) is 93.8 Å². The Morgan fingerprint density at radius 1 is 0.926 bits per heavy atom. The average molecular weight is 440 g/mol. The van der Waals surface area contributed by atoms with Crippen LogP contribution in [0.1, 0.15) is 5.56 Å². The molecule has 0 spiro atoms. The van der Waals surface area contributed by atoms with Gasteiger partial charge in [-0.1, -0.05) is 46.3 Å². The summed E-state index contributed by atoms with van der Waals surface area (Å²) in [6.45, 7) is 0. The number of rotatable bonds is 5. The topological polar surface area (TPSA) is 67.2 Å². The van der Waals surface area contributed by atoms with E-state index < -0.39 is 9.84 Å². The lowest BCUT2D eigenvalue weighted by molar-refractivity contribution is 0.482. The molecule has 0 N–H and O–H groups in total. The first kappa shape index (κ1) is 18.9. The van der Waals surface area contributed by atoms with Crippen molar-refractivity contribution in [2.24, 2.45) is 0 Å². The van der Waals surface area contributed by atoms with Crippen molar-refractivity contribution in [1.29, 1.82) is 5.26 Å². The van der Waals surface area contributed by atoms with Gasteiger partial charge in [-0.3, -0.25) is 0 Å². The number of hydrogen-bond acceptors (Lipinski definition) is 4. The molecule has 0 fully saturated rings. The monoisotopic (exact) mass is 439 g/mol. The predicted octanol–water partition coefficient (Wildman–Crippen LogP) is 5.58. The third-order valence-corrected chi connectivity index (χ3v) is 5.87. The van der Waals surface area contributed by atoms with Gasteiger partial charge >= 0.3 is 0 Å². The molecule has 0 heterocycles. The first-order valence-corrected chi connectivity index (χ1v) is 10.2. The van der Waals surface area contributed by atoms with Crippen LogP contribution in [0.3, 0.4) is 0 Å². The SMILES string of the molecule is N#CC(=Cc1cccc(Oc2ccccc2)c1)S(=O)(=O)c1ccc(Br)cc1. The lowest BCUT2D eigenvalue weighted by Crippen LogP contribution is -2.03. The zero-order chi connectivity index (χ0) is 19.3. The summed E-state index contributed by atoms with van der Waals surface area (Å²) in [5.74, 6) is 1.22. The molecule has 3 aromatic rings. The molecule has 0 amide bonds. The summed E-state index contributed by atoms with van der Waals surface area (Å²) in [7, 11) is -3.90. The number of hydrogen-bond donors (Lipinski definition) is 0. The van der Waals surface area contributed by atoms with E-state index in [-0.39, 0.29) is 9.80 Å². The van der Waals surface area contributed by atoms with E-state index in [1.807, 2.05) is 30.3 Å². The number of ether oxygens (including phenoxy) is 1. The first-order valence-electron chi connectivity index (χ1n) is 7.94. The molecule has 0 aliphatic carbocycles. The maximum absolute atomic E-state index is 12.7. The van der Waals surface area contributed by atoms with E-state index in [2.05, 4.69) is 15.9 Å². The van der Waals surface area contributed by atoms with Gasteiger partial charge in [0.1, 0.15) is 22.5 Å². The van der Waals surface area contributed by atoms with Gasteiger partial charge in [-0.15, -0.1) is 0 Å². The molecule has 0 unspecified atom stereocenters. The van der Waals surface area contributed by atoms with Gasteiger partial charge in [0.05, 0.1) is 4.90 Å². The van der Waals surface area contributed by atoms with Crippen molar-refractivity contribution in [1.82, 2.24) is 0 Å². The highest BCUT2D eigenvalue weighted by Gasteiger charge is 2.20. The van der Waals surface area contributed by atoms with Crippen LogP contribution in [0.4, 0.5) is 0 Å². The Morgan fingerprint density at radius 3 is 2.26 bits per heavy atom. The second-order valence-electron chi connectivity index (χ2n) is 5.57. The minimum atomic E-state index is -3.90. The molecule has 0 aliphatic heterocycles. The van der Waals surface area contributed by atoms with E-state index in [1.165, 1.54) is 18.2 Å². The second kappa shape index (κ2) is 8.21. The normalized spacial score (nSPS) is 11.6. The van der Waals surface area contributed by atoms with Gasteiger partial charge in [-0.2, -0.15) is 5.26 Å². The summed E-state index contributed by atoms with van der Waals surface area (Å²) in [5, 5.41) is 9.41. The van der Waals surface area contributed by atoms with E-state index in [0.29, 0.717) is 17.1 Å². The van der Waals surface area contributed by atoms with E-state index >= 15 is 0 Å². The molecule has 3 rings (SSSR count). The van der Waals surface area contributed by atoms with Crippen molar-refractivity contribution in [2.75, 3.05) is 0 Å². The maximum Gasteiger partial charge on any atom is 0.216 e. The van der Waals surface area contributed by atoms with Crippen LogP contribution in [-0.4, -0.2) is 8.42 Å². The molecule has 0 aliphatic rings. The Bertz CT molecular complexity index is 1120. The number of nitriles is 1. The Kier molecular flexibility index (Phi) is 5.75. The summed E-state index contributed by atoms with van der Waals surface area (Å²) < 4.78 is 31.9. The van der Waals surface area contributed by atoms with Crippen molar-refractivity contribution in [2.45, 2.75) is 4.90 Å². The van der Waals surface area contributed by atoms with Crippen LogP contribution in [0.2, 0.25) is 0 Å². The van der Waals surface area contributed by atoms with Crippen LogP contribution in [0.25, 0.3) is 6.08 Å². The fraction of sp³-hybridized carbons (Fsp3) is 0. The number of benzene rings is 3. The quantitative estimate of drug-likeness (QED) is 0.486. The zero-order valence-electron chi connectivity index (χ0n) is 14.0. The highest BCUT2D eigenvalue weighted by Crippen LogP contribution is 2.26. The van der Waals surface area contributed by atoms with Crippen molar-refractivity contribution in [3.63, 3.8) is 0 Å². The van der Waals surface area contributed by atoms with Crippen LogP contribution in [0.5, 0.6) is 11.5 Å². The predicted molar refractivity (Wildman–Crippen MR) is 108 cm³/mol. The highest BCUT2D eigenvalue weighted by molar-refractivity contribution is 9.10. The van der Waals surface area contributed by atoms with Gasteiger partial charge in [-0.25, -0.2) is 8.42 Å². The Hall–Kier alpha value is -2.88. The molecule has 0 aromatic heterocycles. The number of halogens is 1. The lowest BCUT2D eigenvalue weighted by atomic mass is 10.2. The van der Waals surface area contributed by atoms with E-state index in [0.717, 1.165) is 4.47 Å². The minimum Gasteiger partial charge on any atom is -0.457 e. The second-order valence-corrected chi connectivity index (χ2v) is 8.40. The Labute approximate surface area is 166 Å². The summed E-state index contributed by atoms with van der Waals surface area (Å²) >= 11 is 3.27. The molecule has 27 heavy (non-hydrogen) atoms. The Morgan fingerprint density at radius 2 is 1.59 bits per heavy atom. The van der Waals surface area contributed by atoms with E-state index in [9.17, 15) is 13.7 Å². The molecular weight excluding hydrogens is 426 g/mol. The molecule has 4 nitrogen and oxygen atoms in total. The number of para-hydroxylation sites is 1. The van der Waals surface area contributed by atoms with Crippen LogP contribution in [0.15, 0.2) is 93.1 Å². The standard InChI is InChI=1S/C21H14BrNO3S/c22-17-9-11-20(12-10-17)27(24,25)21(15-23)14-16-5-4-8-19(13-16)26-18-6-2-1-3-7-18/h1-14H. The van der Waals surface area contributed by atoms with Gasteiger partial charge in [-0.05, 0) is 60.2 Å². The smallest absolute Gasteiger partial charge is 0.216 e. The number of sulfone groups is 1. The van der Waals surface area contributed by atoms with E-state index in [1.54, 1.807) is 42.5 Å². The Balaban J connectivity index is 1.93. The van der Waals surface area contributed by atoms with Crippen LogP contribution >= 0.6 is 15.9 Å². The summed E-state index contributed by atoms with van der Waals surface area (Å²) in [5.41, 5.74) is 0.556. The number of nitrogens with zero attached hydrogens (tertiary/aromatic N) is 1. The molecule has 0 saturated heterocycles. The van der Waals surface area contributed by atoms with Crippen molar-refractivity contribution in [3.8, 4) is 17.6 Å². The van der Waals surface area contributed by atoms with E-state index in [4.69, 9.17) is 4.74 Å². The number of allylic oxidation sites excluding steroid dienone is 1. The molecule has 3 aromatic carbocycles. The summed E-state index contributed by atoms with van der Waals surface area (Å²) in [4.78, 5) is -0.267. The van der Waals surface area contributed by atoms with Crippen LogP contribution in [0, 0.1) is 11.3 Å². The molecule has 0 bridgehead atoms. The van der Waals surface area contributed by atoms with Gasteiger partial charge < -0.3 is 4.74 Å². The van der Waals surface area contributed by atoms with Crippen molar-refractivity contribution < 1.29 is 13.2 Å². The fourth-order valence-electron chi connectivity index (χ4n) is 2.35. The molecule has 0 radical (unpaired) electrons. The fourth-order valence-corrected chi connectivity index (χ4v) is 3.78. The van der Waals surface area contributed by atoms with Gasteiger partial charge in [0.25, 0.3) is 0 Å². The molecule has 6 heteroatoms. The molecule has 0 atom stereocenters. The third kappa shape index (κ3) is 4.64. The van der Waals surface area contributed by atoms with Gasteiger partial charge in [0.15, 0.2) is 0 Å². The zero-order valence-corrected chi connectivity index (χ0v) is 16.4. The highest BCUT2D eigenvalue weighted by atomic mass is 79.9. The summed E-state index contributed by atoms with van der Waals surface area (Å²) in [6, 6.07) is 24.1. The molecule has 0 saturated carbocycles. The summed E-state index contributed by atoms with van der Waals surface area (Å²) in [6.07, 6.45) is 1.34. The molecular formula is C21H14BrNO3S. The van der Waals surface area contributed by atoms with Crippen LogP contribution < -0.4 is 4.74 Å². The lowest BCUT2D eigenvalue weighted by Gasteiger charge is -2.07. The van der Waals surface area contributed by atoms with Gasteiger partial charge in [0, 0.05) is 4.47 Å².